The summed E-state index contributed by atoms with van der Waals surface area (Å²) in [5.41, 5.74) is 0.910. The molecule has 1 aromatic heterocycles. The third-order valence-electron chi connectivity index (χ3n) is 2.11. The maximum atomic E-state index is 10.6. The van der Waals surface area contributed by atoms with E-state index in [0.717, 1.165) is 5.56 Å². The molecule has 0 radical (unpaired) electrons. The number of carbonyl (C=O) groups is 1. The number of aromatic nitrogens is 1. The van der Waals surface area contributed by atoms with Gasteiger partial charge in [-0.1, -0.05) is 30.1 Å². The molecule has 0 spiro atoms. The fraction of sp³-hybridized carbons (Fsp3) is 0.400. The molecule has 0 saturated carbocycles. The van der Waals surface area contributed by atoms with Crippen molar-refractivity contribution in [1.29, 1.82) is 0 Å². The number of carboxylic acid groups (broad SMARTS) is 1. The second kappa shape index (κ2) is 5.33. The smallest absolute Gasteiger partial charge is 0.306 e. The first kappa shape index (κ1) is 12.3. The monoisotopic (exact) mass is 247 g/mol. The lowest BCUT2D eigenvalue weighted by Gasteiger charge is -2.06. The lowest BCUT2D eigenvalue weighted by atomic mass is 10.0. The fourth-order valence-corrected chi connectivity index (χ4v) is 1.67. The molecule has 1 heterocycles. The minimum absolute atomic E-state index is 0.334. The predicted octanol–water partition coefficient (Wildman–Crippen LogP) is 3.04. The van der Waals surface area contributed by atoms with Gasteiger partial charge in [-0.05, 0) is 30.5 Å². The topological polar surface area (TPSA) is 50.2 Å². The molecular formula is C10H11Cl2NO2. The number of halogens is 2. The number of rotatable bonds is 4. The summed E-state index contributed by atoms with van der Waals surface area (Å²) in [6.45, 7) is 1.67. The Morgan fingerprint density at radius 1 is 1.47 bits per heavy atom. The van der Waals surface area contributed by atoms with Gasteiger partial charge in [-0.2, -0.15) is 0 Å². The molecule has 0 aliphatic heterocycles. The van der Waals surface area contributed by atoms with Crippen LogP contribution < -0.4 is 0 Å². The van der Waals surface area contributed by atoms with E-state index in [-0.39, 0.29) is 5.92 Å². The van der Waals surface area contributed by atoms with Crippen molar-refractivity contribution < 1.29 is 9.90 Å². The molecule has 82 valence electrons. The Balaban J connectivity index is 2.61. The van der Waals surface area contributed by atoms with Crippen molar-refractivity contribution in [2.45, 2.75) is 19.8 Å². The van der Waals surface area contributed by atoms with Crippen molar-refractivity contribution in [2.24, 2.45) is 5.92 Å². The maximum absolute atomic E-state index is 10.6. The van der Waals surface area contributed by atoms with Gasteiger partial charge in [0, 0.05) is 0 Å². The average molecular weight is 248 g/mol. The molecule has 0 amide bonds. The van der Waals surface area contributed by atoms with Gasteiger partial charge in [-0.3, -0.25) is 4.79 Å². The molecule has 0 bridgehead atoms. The van der Waals surface area contributed by atoms with Crippen LogP contribution in [0, 0.1) is 5.92 Å². The molecule has 0 aliphatic rings. The summed E-state index contributed by atoms with van der Waals surface area (Å²) in [6.07, 6.45) is 1.20. The first-order chi connectivity index (χ1) is 6.99. The number of hydrogen-bond donors (Lipinski definition) is 1. The minimum atomic E-state index is -0.791. The number of pyridine rings is 1. The van der Waals surface area contributed by atoms with Crippen molar-refractivity contribution in [3.63, 3.8) is 0 Å². The van der Waals surface area contributed by atoms with Crippen LogP contribution in [-0.2, 0) is 11.2 Å². The summed E-state index contributed by atoms with van der Waals surface area (Å²) in [6, 6.07) is 3.39. The van der Waals surface area contributed by atoms with Crippen LogP contribution in [0.2, 0.25) is 10.3 Å². The molecule has 0 aliphatic carbocycles. The Bertz CT molecular complexity index is 348. The Kier molecular flexibility index (Phi) is 4.36. The number of aryl methyl sites for hydroxylation is 1. The van der Waals surface area contributed by atoms with Gasteiger partial charge in [0.1, 0.15) is 10.3 Å². The lowest BCUT2D eigenvalue weighted by Crippen LogP contribution is -2.10. The number of carboxylic acids is 1. The summed E-state index contributed by atoms with van der Waals surface area (Å²) < 4.78 is 0. The van der Waals surface area contributed by atoms with Gasteiger partial charge in [0.25, 0.3) is 0 Å². The fourth-order valence-electron chi connectivity index (χ4n) is 1.17. The quantitative estimate of drug-likeness (QED) is 0.833. The van der Waals surface area contributed by atoms with Crippen molar-refractivity contribution in [2.75, 3.05) is 0 Å². The highest BCUT2D eigenvalue weighted by Gasteiger charge is 2.11. The van der Waals surface area contributed by atoms with E-state index >= 15 is 0 Å². The largest absolute Gasteiger partial charge is 0.481 e. The van der Waals surface area contributed by atoms with Gasteiger partial charge >= 0.3 is 5.97 Å². The summed E-state index contributed by atoms with van der Waals surface area (Å²) in [5.74, 6) is -1.16. The molecule has 1 rings (SSSR count). The molecule has 1 unspecified atom stereocenters. The second-order valence-corrected chi connectivity index (χ2v) is 4.17. The Morgan fingerprint density at radius 3 is 2.47 bits per heavy atom. The highest BCUT2D eigenvalue weighted by Crippen LogP contribution is 2.17. The molecule has 15 heavy (non-hydrogen) atoms. The van der Waals surface area contributed by atoms with Crippen LogP contribution in [0.1, 0.15) is 18.9 Å². The van der Waals surface area contributed by atoms with Crippen LogP contribution in [0.25, 0.3) is 0 Å². The third-order valence-corrected chi connectivity index (χ3v) is 2.50. The van der Waals surface area contributed by atoms with Crippen LogP contribution in [0.15, 0.2) is 12.1 Å². The molecule has 0 aromatic carbocycles. The van der Waals surface area contributed by atoms with Crippen molar-refractivity contribution >= 4 is 29.2 Å². The predicted molar refractivity (Wildman–Crippen MR) is 59.4 cm³/mol. The first-order valence-electron chi connectivity index (χ1n) is 4.54. The van der Waals surface area contributed by atoms with Crippen molar-refractivity contribution in [3.8, 4) is 0 Å². The van der Waals surface area contributed by atoms with Crippen LogP contribution in [-0.4, -0.2) is 16.1 Å². The Morgan fingerprint density at radius 2 is 2.00 bits per heavy atom. The van der Waals surface area contributed by atoms with Gasteiger partial charge in [0.15, 0.2) is 0 Å². The first-order valence-corrected chi connectivity index (χ1v) is 5.29. The maximum Gasteiger partial charge on any atom is 0.306 e. The lowest BCUT2D eigenvalue weighted by molar-refractivity contribution is -0.141. The summed E-state index contributed by atoms with van der Waals surface area (Å²) in [5, 5.41) is 9.37. The summed E-state index contributed by atoms with van der Waals surface area (Å²) in [4.78, 5) is 14.4. The average Bonchev–Trinajstić information content (AvgIpc) is 2.12. The van der Waals surface area contributed by atoms with Crippen LogP contribution >= 0.6 is 23.2 Å². The van der Waals surface area contributed by atoms with Gasteiger partial charge in [-0.15, -0.1) is 0 Å². The number of nitrogens with zero attached hydrogens (tertiary/aromatic N) is 1. The van der Waals surface area contributed by atoms with Crippen molar-refractivity contribution in [1.82, 2.24) is 4.98 Å². The van der Waals surface area contributed by atoms with E-state index in [9.17, 15) is 4.79 Å². The summed E-state index contributed by atoms with van der Waals surface area (Å²) in [7, 11) is 0. The minimum Gasteiger partial charge on any atom is -0.481 e. The summed E-state index contributed by atoms with van der Waals surface area (Å²) >= 11 is 11.4. The van der Waals surface area contributed by atoms with Crippen LogP contribution in [0.4, 0.5) is 0 Å². The third kappa shape index (κ3) is 4.06. The number of hydrogen-bond acceptors (Lipinski definition) is 2. The van der Waals surface area contributed by atoms with Gasteiger partial charge in [-0.25, -0.2) is 4.98 Å². The highest BCUT2D eigenvalue weighted by atomic mass is 35.5. The molecule has 3 nitrogen and oxygen atoms in total. The molecule has 1 atom stereocenters. The molecule has 1 aromatic rings. The van der Waals surface area contributed by atoms with Gasteiger partial charge in [0.05, 0.1) is 5.92 Å². The normalized spacial score (nSPS) is 12.5. The van der Waals surface area contributed by atoms with Crippen LogP contribution in [0.3, 0.4) is 0 Å². The SMILES string of the molecule is CC(CCc1cc(Cl)nc(Cl)c1)C(=O)O. The molecule has 0 saturated heterocycles. The van der Waals surface area contributed by atoms with E-state index in [1.165, 1.54) is 0 Å². The van der Waals surface area contributed by atoms with E-state index in [2.05, 4.69) is 4.98 Å². The molecule has 5 heteroatoms. The van der Waals surface area contributed by atoms with E-state index in [0.29, 0.717) is 23.1 Å². The molecule has 0 fully saturated rings. The van der Waals surface area contributed by atoms with E-state index in [1.54, 1.807) is 19.1 Å². The highest BCUT2D eigenvalue weighted by molar-refractivity contribution is 6.32. The standard InChI is InChI=1S/C10H11Cl2NO2/c1-6(10(14)15)2-3-7-4-8(11)13-9(12)5-7/h4-6H,2-3H2,1H3,(H,14,15). The Hall–Kier alpha value is -0.800. The Labute approximate surface area is 98.0 Å². The zero-order valence-electron chi connectivity index (χ0n) is 8.20. The number of aliphatic carboxylic acids is 1. The molecule has 1 N–H and O–H groups in total. The zero-order chi connectivity index (χ0) is 11.4. The van der Waals surface area contributed by atoms with Crippen LogP contribution in [0.5, 0.6) is 0 Å². The molecular weight excluding hydrogens is 237 g/mol. The zero-order valence-corrected chi connectivity index (χ0v) is 9.72. The van der Waals surface area contributed by atoms with Gasteiger partial charge < -0.3 is 5.11 Å². The van der Waals surface area contributed by atoms with Gasteiger partial charge in [0.2, 0.25) is 0 Å². The van der Waals surface area contributed by atoms with Crippen molar-refractivity contribution in [3.05, 3.63) is 28.0 Å². The second-order valence-electron chi connectivity index (χ2n) is 3.40. The van der Waals surface area contributed by atoms with E-state index in [1.807, 2.05) is 0 Å². The van der Waals surface area contributed by atoms with E-state index in [4.69, 9.17) is 28.3 Å². The van der Waals surface area contributed by atoms with E-state index < -0.39 is 5.97 Å².